The van der Waals surface area contributed by atoms with Gasteiger partial charge in [0.15, 0.2) is 17.3 Å². The predicted octanol–water partition coefficient (Wildman–Crippen LogP) is 4.34. The van der Waals surface area contributed by atoms with Crippen molar-refractivity contribution in [3.8, 4) is 0 Å². The van der Waals surface area contributed by atoms with Gasteiger partial charge in [0.25, 0.3) is 0 Å². The second kappa shape index (κ2) is 11.4. The number of rotatable bonds is 9. The number of nitrogens with zero attached hydrogens (tertiary/aromatic N) is 3. The van der Waals surface area contributed by atoms with Crippen molar-refractivity contribution in [2.75, 3.05) is 31.2 Å². The smallest absolute Gasteiger partial charge is 0.193 e. The van der Waals surface area contributed by atoms with E-state index >= 15 is 0 Å². The third-order valence-electron chi connectivity index (χ3n) is 6.73. The fourth-order valence-electron chi connectivity index (χ4n) is 4.52. The normalized spacial score (nSPS) is 13.3. The van der Waals surface area contributed by atoms with Gasteiger partial charge in [-0.25, -0.2) is 0 Å². The van der Waals surface area contributed by atoms with Gasteiger partial charge in [-0.15, -0.1) is 0 Å². The van der Waals surface area contributed by atoms with Crippen molar-refractivity contribution in [3.05, 3.63) is 119 Å². The van der Waals surface area contributed by atoms with Gasteiger partial charge >= 0.3 is 0 Å². The first-order valence-electron chi connectivity index (χ1n) is 12.7. The molecular weight excluding hydrogens is 478 g/mol. The third-order valence-corrected chi connectivity index (χ3v) is 6.73. The summed E-state index contributed by atoms with van der Waals surface area (Å²) in [5.41, 5.74) is 4.97. The molecule has 2 heterocycles. The zero-order valence-corrected chi connectivity index (χ0v) is 21.3. The van der Waals surface area contributed by atoms with Gasteiger partial charge in [0.05, 0.1) is 13.2 Å². The van der Waals surface area contributed by atoms with Crippen LogP contribution in [0.5, 0.6) is 0 Å². The highest BCUT2D eigenvalue weighted by Crippen LogP contribution is 2.19. The Morgan fingerprint density at radius 1 is 0.711 bits per heavy atom. The van der Waals surface area contributed by atoms with E-state index in [2.05, 4.69) is 10.00 Å². The van der Waals surface area contributed by atoms with Crippen molar-refractivity contribution in [2.24, 2.45) is 7.05 Å². The van der Waals surface area contributed by atoms with Crippen molar-refractivity contribution in [1.82, 2.24) is 9.78 Å². The van der Waals surface area contributed by atoms with E-state index in [0.29, 0.717) is 22.4 Å². The van der Waals surface area contributed by atoms with Gasteiger partial charge in [-0.2, -0.15) is 5.10 Å². The number of hydrogen-bond acceptors (Lipinski definition) is 6. The van der Waals surface area contributed by atoms with E-state index < -0.39 is 0 Å². The fourth-order valence-corrected chi connectivity index (χ4v) is 4.52. The summed E-state index contributed by atoms with van der Waals surface area (Å²) < 4.78 is 7.00. The number of ketones is 3. The summed E-state index contributed by atoms with van der Waals surface area (Å²) in [6, 6.07) is 23.6. The maximum absolute atomic E-state index is 13.0. The summed E-state index contributed by atoms with van der Waals surface area (Å²) >= 11 is 0. The monoisotopic (exact) mass is 507 g/mol. The molecule has 0 radical (unpaired) electrons. The van der Waals surface area contributed by atoms with Crippen molar-refractivity contribution < 1.29 is 19.1 Å². The van der Waals surface area contributed by atoms with Crippen LogP contribution in [-0.4, -0.2) is 53.4 Å². The molecule has 0 spiro atoms. The van der Waals surface area contributed by atoms with Crippen LogP contribution in [-0.2, 0) is 24.6 Å². The molecule has 1 fully saturated rings. The highest BCUT2D eigenvalue weighted by atomic mass is 16.5. The summed E-state index contributed by atoms with van der Waals surface area (Å²) in [5.74, 6) is -0.138. The van der Waals surface area contributed by atoms with E-state index in [-0.39, 0.29) is 30.2 Å². The summed E-state index contributed by atoms with van der Waals surface area (Å²) in [6.45, 7) is 3.15. The Hall–Kier alpha value is -4.36. The zero-order chi connectivity index (χ0) is 26.5. The fraction of sp³-hybridized carbons (Fsp3) is 0.226. The minimum Gasteiger partial charge on any atom is -0.378 e. The molecule has 1 aromatic heterocycles. The first-order valence-corrected chi connectivity index (χ1v) is 12.7. The molecule has 1 saturated heterocycles. The maximum Gasteiger partial charge on any atom is 0.193 e. The molecular formula is C31H29N3O4. The van der Waals surface area contributed by atoms with E-state index in [1.807, 2.05) is 36.4 Å². The molecule has 0 saturated carbocycles. The lowest BCUT2D eigenvalue weighted by Crippen LogP contribution is -2.36. The van der Waals surface area contributed by atoms with E-state index in [4.69, 9.17) is 4.74 Å². The second-order valence-electron chi connectivity index (χ2n) is 9.44. The molecule has 1 aliphatic heterocycles. The summed E-state index contributed by atoms with van der Waals surface area (Å²) in [5, 5.41) is 4.14. The molecule has 0 N–H and O–H groups in total. The number of ether oxygens (including phenoxy) is 1. The SMILES string of the molecule is Cn1ccc(C(=O)Cc2ccc(C(=O)c3ccc(CC(=O)c4ccc(N5CCOCC5)cc4)cc3)cc2)n1. The summed E-state index contributed by atoms with van der Waals surface area (Å²) in [7, 11) is 1.77. The largest absolute Gasteiger partial charge is 0.378 e. The third kappa shape index (κ3) is 5.95. The van der Waals surface area contributed by atoms with Crippen LogP contribution in [0.15, 0.2) is 85.1 Å². The van der Waals surface area contributed by atoms with Crippen LogP contribution >= 0.6 is 0 Å². The van der Waals surface area contributed by atoms with Gasteiger partial charge in [-0.05, 0) is 41.5 Å². The van der Waals surface area contributed by atoms with Gasteiger partial charge in [0.2, 0.25) is 0 Å². The number of anilines is 1. The van der Waals surface area contributed by atoms with Crippen LogP contribution < -0.4 is 4.90 Å². The molecule has 38 heavy (non-hydrogen) atoms. The average Bonchev–Trinajstić information content (AvgIpc) is 3.40. The summed E-state index contributed by atoms with van der Waals surface area (Å²) in [4.78, 5) is 40.4. The number of morpholine rings is 1. The van der Waals surface area contributed by atoms with Gasteiger partial charge in [-0.1, -0.05) is 48.5 Å². The van der Waals surface area contributed by atoms with Gasteiger partial charge in [0, 0.05) is 61.6 Å². The van der Waals surface area contributed by atoms with Crippen LogP contribution in [0.1, 0.15) is 47.9 Å². The topological polar surface area (TPSA) is 81.5 Å². The van der Waals surface area contributed by atoms with Crippen molar-refractivity contribution in [2.45, 2.75) is 12.8 Å². The van der Waals surface area contributed by atoms with Crippen LogP contribution in [0.3, 0.4) is 0 Å². The van der Waals surface area contributed by atoms with Crippen LogP contribution in [0.4, 0.5) is 5.69 Å². The van der Waals surface area contributed by atoms with Gasteiger partial charge in [-0.3, -0.25) is 19.1 Å². The number of carbonyl (C=O) groups is 3. The van der Waals surface area contributed by atoms with Crippen LogP contribution in [0, 0.1) is 0 Å². The molecule has 7 heteroatoms. The molecule has 0 aliphatic carbocycles. The molecule has 0 unspecified atom stereocenters. The Morgan fingerprint density at radius 3 is 1.76 bits per heavy atom. The lowest BCUT2D eigenvalue weighted by atomic mass is 9.97. The van der Waals surface area contributed by atoms with Crippen LogP contribution in [0.25, 0.3) is 0 Å². The second-order valence-corrected chi connectivity index (χ2v) is 9.44. The van der Waals surface area contributed by atoms with E-state index in [1.54, 1.807) is 60.4 Å². The van der Waals surface area contributed by atoms with Gasteiger partial charge in [0.1, 0.15) is 5.69 Å². The number of benzene rings is 3. The highest BCUT2D eigenvalue weighted by molar-refractivity contribution is 6.09. The molecule has 0 bridgehead atoms. The lowest BCUT2D eigenvalue weighted by Gasteiger charge is -2.28. The number of aromatic nitrogens is 2. The molecule has 3 aromatic carbocycles. The Balaban J connectivity index is 1.17. The predicted molar refractivity (Wildman–Crippen MR) is 145 cm³/mol. The average molecular weight is 508 g/mol. The Kier molecular flexibility index (Phi) is 7.56. The van der Waals surface area contributed by atoms with Crippen molar-refractivity contribution in [1.29, 1.82) is 0 Å². The first-order chi connectivity index (χ1) is 18.5. The molecule has 7 nitrogen and oxygen atoms in total. The minimum absolute atomic E-state index is 0.0356. The van der Waals surface area contributed by atoms with Crippen LogP contribution in [0.2, 0.25) is 0 Å². The van der Waals surface area contributed by atoms with E-state index in [0.717, 1.165) is 43.1 Å². The molecule has 1 aliphatic rings. The molecule has 192 valence electrons. The Bertz CT molecular complexity index is 1430. The molecule has 5 rings (SSSR count). The Morgan fingerprint density at radius 2 is 1.24 bits per heavy atom. The summed E-state index contributed by atoms with van der Waals surface area (Å²) in [6.07, 6.45) is 2.23. The van der Waals surface area contributed by atoms with Crippen molar-refractivity contribution >= 4 is 23.0 Å². The lowest BCUT2D eigenvalue weighted by molar-refractivity contribution is 0.0981. The minimum atomic E-state index is -0.107. The highest BCUT2D eigenvalue weighted by Gasteiger charge is 2.15. The quantitative estimate of drug-likeness (QED) is 0.314. The van der Waals surface area contributed by atoms with Crippen molar-refractivity contribution in [3.63, 3.8) is 0 Å². The molecule has 0 amide bonds. The van der Waals surface area contributed by atoms with E-state index in [1.165, 1.54) is 0 Å². The van der Waals surface area contributed by atoms with E-state index in [9.17, 15) is 14.4 Å². The maximum atomic E-state index is 13.0. The molecule has 4 aromatic rings. The number of hydrogen-bond donors (Lipinski definition) is 0. The zero-order valence-electron chi connectivity index (χ0n) is 21.3. The number of Topliss-reactive ketones (excluding diaryl/α,β-unsaturated/α-hetero) is 2. The molecule has 0 atom stereocenters. The number of carbonyl (C=O) groups excluding carboxylic acids is 3. The first kappa shape index (κ1) is 25.3. The Labute approximate surface area is 221 Å². The number of aryl methyl sites for hydroxylation is 1. The standard InChI is InChI=1S/C31H29N3O4/c1-33-15-14-28(32-33)30(36)21-23-4-8-26(9-5-23)31(37)25-6-2-22(3-7-25)20-29(35)24-10-12-27(13-11-24)34-16-18-38-19-17-34/h2-15H,16-21H2,1H3. The van der Waals surface area contributed by atoms with Gasteiger partial charge < -0.3 is 9.64 Å².